The van der Waals surface area contributed by atoms with Gasteiger partial charge in [0.05, 0.1) is 0 Å². The zero-order chi connectivity index (χ0) is 13.3. The summed E-state index contributed by atoms with van der Waals surface area (Å²) in [7, 11) is 0. The Morgan fingerprint density at radius 3 is 2.61 bits per heavy atom. The first kappa shape index (κ1) is 13.6. The molecule has 0 spiro atoms. The van der Waals surface area contributed by atoms with Gasteiger partial charge in [-0.25, -0.2) is 0 Å². The fourth-order valence-electron chi connectivity index (χ4n) is 3.20. The van der Waals surface area contributed by atoms with E-state index >= 15 is 0 Å². The van der Waals surface area contributed by atoms with E-state index in [4.69, 9.17) is 5.73 Å². The maximum Gasteiger partial charge on any atom is 0.0325 e. The maximum atomic E-state index is 6.17. The molecule has 1 aliphatic rings. The largest absolute Gasteiger partial charge is 0.327 e. The lowest BCUT2D eigenvalue weighted by Crippen LogP contribution is -2.52. The van der Waals surface area contributed by atoms with E-state index < -0.39 is 0 Å². The summed E-state index contributed by atoms with van der Waals surface area (Å²) in [6.45, 7) is 10.2. The van der Waals surface area contributed by atoms with Gasteiger partial charge in [-0.2, -0.15) is 0 Å². The first-order chi connectivity index (χ1) is 8.52. The quantitative estimate of drug-likeness (QED) is 0.868. The molecule has 2 rings (SSSR count). The summed E-state index contributed by atoms with van der Waals surface area (Å²) in [5.41, 5.74) is 9.01. The molecule has 0 aromatic heterocycles. The van der Waals surface area contributed by atoms with Gasteiger partial charge >= 0.3 is 0 Å². The molecule has 1 heterocycles. The van der Waals surface area contributed by atoms with Crippen molar-refractivity contribution in [2.45, 2.75) is 52.2 Å². The lowest BCUT2D eigenvalue weighted by atomic mass is 9.85. The molecule has 1 saturated heterocycles. The number of aryl methyl sites for hydroxylation is 1. The smallest absolute Gasteiger partial charge is 0.0325 e. The molecule has 1 aromatic carbocycles. The van der Waals surface area contributed by atoms with Gasteiger partial charge in [0.1, 0.15) is 0 Å². The highest BCUT2D eigenvalue weighted by Crippen LogP contribution is 2.31. The van der Waals surface area contributed by atoms with Crippen LogP contribution in [0.4, 0.5) is 0 Å². The SMILES string of the molecule is Cc1ccccc1C(C)N1CCC(N)C(C)C1C. The normalized spacial score (nSPS) is 31.3. The van der Waals surface area contributed by atoms with Gasteiger partial charge in [0.25, 0.3) is 0 Å². The second-order valence-electron chi connectivity index (χ2n) is 5.82. The predicted molar refractivity (Wildman–Crippen MR) is 77.5 cm³/mol. The number of benzene rings is 1. The summed E-state index contributed by atoms with van der Waals surface area (Å²) in [6.07, 6.45) is 1.11. The van der Waals surface area contributed by atoms with Crippen molar-refractivity contribution < 1.29 is 0 Å². The molecule has 0 saturated carbocycles. The molecule has 0 aliphatic carbocycles. The van der Waals surface area contributed by atoms with E-state index in [9.17, 15) is 0 Å². The molecule has 100 valence electrons. The fraction of sp³-hybridized carbons (Fsp3) is 0.625. The third-order valence-corrected chi connectivity index (χ3v) is 4.82. The zero-order valence-electron chi connectivity index (χ0n) is 12.1. The lowest BCUT2D eigenvalue weighted by molar-refractivity contribution is 0.0624. The maximum absolute atomic E-state index is 6.17. The van der Waals surface area contributed by atoms with Crippen LogP contribution in [0.3, 0.4) is 0 Å². The summed E-state index contributed by atoms with van der Waals surface area (Å²) in [5, 5.41) is 0. The number of piperidine rings is 1. The van der Waals surface area contributed by atoms with Gasteiger partial charge in [-0.3, -0.25) is 4.90 Å². The van der Waals surface area contributed by atoms with Gasteiger partial charge < -0.3 is 5.73 Å². The third-order valence-electron chi connectivity index (χ3n) is 4.82. The van der Waals surface area contributed by atoms with Crippen LogP contribution in [0.2, 0.25) is 0 Å². The van der Waals surface area contributed by atoms with E-state index in [-0.39, 0.29) is 0 Å². The second kappa shape index (κ2) is 5.41. The summed E-state index contributed by atoms with van der Waals surface area (Å²) in [4.78, 5) is 2.61. The predicted octanol–water partition coefficient (Wildman–Crippen LogP) is 3.11. The minimum Gasteiger partial charge on any atom is -0.327 e. The Balaban J connectivity index is 2.19. The molecule has 18 heavy (non-hydrogen) atoms. The van der Waals surface area contributed by atoms with Crippen LogP contribution in [0.5, 0.6) is 0 Å². The summed E-state index contributed by atoms with van der Waals surface area (Å²) in [6, 6.07) is 10.1. The molecule has 4 atom stereocenters. The van der Waals surface area contributed by atoms with Gasteiger partial charge in [-0.1, -0.05) is 31.2 Å². The van der Waals surface area contributed by atoms with Crippen LogP contribution >= 0.6 is 0 Å². The van der Waals surface area contributed by atoms with Crippen molar-refractivity contribution in [2.75, 3.05) is 6.54 Å². The Bertz CT molecular complexity index is 402. The van der Waals surface area contributed by atoms with Crippen LogP contribution in [0, 0.1) is 12.8 Å². The highest BCUT2D eigenvalue weighted by atomic mass is 15.2. The van der Waals surface area contributed by atoms with E-state index in [1.54, 1.807) is 0 Å². The minimum atomic E-state index is 0.361. The molecule has 2 nitrogen and oxygen atoms in total. The van der Waals surface area contributed by atoms with Gasteiger partial charge in [0.2, 0.25) is 0 Å². The third kappa shape index (κ3) is 2.45. The number of likely N-dealkylation sites (tertiary alicyclic amines) is 1. The van der Waals surface area contributed by atoms with Gasteiger partial charge in [-0.05, 0) is 44.2 Å². The molecule has 2 N–H and O–H groups in total. The molecule has 2 heteroatoms. The van der Waals surface area contributed by atoms with Crippen LogP contribution in [0.25, 0.3) is 0 Å². The van der Waals surface area contributed by atoms with E-state index in [1.165, 1.54) is 11.1 Å². The van der Waals surface area contributed by atoms with Gasteiger partial charge in [-0.15, -0.1) is 0 Å². The van der Waals surface area contributed by atoms with Crippen molar-refractivity contribution in [3.63, 3.8) is 0 Å². The van der Waals surface area contributed by atoms with Crippen LogP contribution in [0.1, 0.15) is 44.4 Å². The van der Waals surface area contributed by atoms with Crippen LogP contribution < -0.4 is 5.73 Å². The van der Waals surface area contributed by atoms with Crippen molar-refractivity contribution in [3.05, 3.63) is 35.4 Å². The molecule has 4 unspecified atom stereocenters. The molecule has 0 bridgehead atoms. The molecule has 1 aliphatic heterocycles. The average Bonchev–Trinajstić information content (AvgIpc) is 2.36. The van der Waals surface area contributed by atoms with Crippen molar-refractivity contribution in [3.8, 4) is 0 Å². The van der Waals surface area contributed by atoms with E-state index in [0.717, 1.165) is 13.0 Å². The number of hydrogen-bond donors (Lipinski definition) is 1. The Labute approximate surface area is 111 Å². The minimum absolute atomic E-state index is 0.361. The van der Waals surface area contributed by atoms with Gasteiger partial charge in [0, 0.05) is 24.7 Å². The molecule has 1 fully saturated rings. The van der Waals surface area contributed by atoms with Crippen LogP contribution in [0.15, 0.2) is 24.3 Å². The van der Waals surface area contributed by atoms with Crippen molar-refractivity contribution in [2.24, 2.45) is 11.7 Å². The highest BCUT2D eigenvalue weighted by molar-refractivity contribution is 5.28. The molecule has 0 radical (unpaired) electrons. The fourth-order valence-corrected chi connectivity index (χ4v) is 3.20. The Morgan fingerprint density at radius 2 is 1.94 bits per heavy atom. The molecule has 1 aromatic rings. The number of nitrogens with two attached hydrogens (primary N) is 1. The van der Waals surface area contributed by atoms with Crippen LogP contribution in [-0.4, -0.2) is 23.5 Å². The monoisotopic (exact) mass is 246 g/mol. The Kier molecular flexibility index (Phi) is 4.08. The van der Waals surface area contributed by atoms with Crippen molar-refractivity contribution in [1.29, 1.82) is 0 Å². The first-order valence-corrected chi connectivity index (χ1v) is 7.09. The van der Waals surface area contributed by atoms with Crippen molar-refractivity contribution >= 4 is 0 Å². The van der Waals surface area contributed by atoms with Crippen molar-refractivity contribution in [1.82, 2.24) is 4.90 Å². The summed E-state index contributed by atoms with van der Waals surface area (Å²) < 4.78 is 0. The van der Waals surface area contributed by atoms with E-state index in [1.807, 2.05) is 0 Å². The van der Waals surface area contributed by atoms with Crippen LogP contribution in [-0.2, 0) is 0 Å². The number of rotatable bonds is 2. The topological polar surface area (TPSA) is 29.3 Å². The number of nitrogens with zero attached hydrogens (tertiary/aromatic N) is 1. The first-order valence-electron chi connectivity index (χ1n) is 7.09. The summed E-state index contributed by atoms with van der Waals surface area (Å²) >= 11 is 0. The van der Waals surface area contributed by atoms with E-state index in [0.29, 0.717) is 24.0 Å². The Hall–Kier alpha value is -0.860. The second-order valence-corrected chi connectivity index (χ2v) is 5.82. The standard InChI is InChI=1S/C16H26N2/c1-11-7-5-6-8-15(11)14(4)18-10-9-16(17)12(2)13(18)3/h5-8,12-14,16H,9-10,17H2,1-4H3. The molecular weight excluding hydrogens is 220 g/mol. The molecular formula is C16H26N2. The number of hydrogen-bond acceptors (Lipinski definition) is 2. The average molecular weight is 246 g/mol. The highest BCUT2D eigenvalue weighted by Gasteiger charge is 2.33. The van der Waals surface area contributed by atoms with Gasteiger partial charge in [0.15, 0.2) is 0 Å². The Morgan fingerprint density at radius 1 is 1.28 bits per heavy atom. The van der Waals surface area contributed by atoms with E-state index in [2.05, 4.69) is 56.9 Å². The lowest BCUT2D eigenvalue weighted by Gasteiger charge is -2.44. The summed E-state index contributed by atoms with van der Waals surface area (Å²) in [5.74, 6) is 0.574. The molecule has 0 amide bonds. The zero-order valence-corrected chi connectivity index (χ0v) is 12.1.